The van der Waals surface area contributed by atoms with E-state index in [-0.39, 0.29) is 24.4 Å². The van der Waals surface area contributed by atoms with Gasteiger partial charge >= 0.3 is 5.97 Å². The number of rotatable bonds is 16. The molecule has 0 aliphatic heterocycles. The van der Waals surface area contributed by atoms with Crippen LogP contribution in [0, 0.1) is 0 Å². The van der Waals surface area contributed by atoms with Crippen molar-refractivity contribution in [3.05, 3.63) is 60.2 Å². The van der Waals surface area contributed by atoms with Crippen LogP contribution in [-0.2, 0) is 32.5 Å². The predicted molar refractivity (Wildman–Crippen MR) is 151 cm³/mol. The number of aromatic nitrogens is 2. The molecule has 1 heterocycles. The summed E-state index contributed by atoms with van der Waals surface area (Å²) < 4.78 is 35.1. The smallest absolute Gasteiger partial charge is 0.326 e. The maximum Gasteiger partial charge on any atom is 0.326 e. The molecular weight excluding hydrogens is 506 g/mol. The Labute approximate surface area is 225 Å². The molecule has 3 aromatic rings. The van der Waals surface area contributed by atoms with Crippen molar-refractivity contribution in [1.82, 2.24) is 13.9 Å². The van der Waals surface area contributed by atoms with Gasteiger partial charge in [0.05, 0.1) is 22.9 Å². The third kappa shape index (κ3) is 8.86. The SMILES string of the molecule is CCCCS(=O)(=O)N(CCCSc1nc2ccccc2n1CC(=O)OC(C)CC)CCc1ccccc1. The van der Waals surface area contributed by atoms with Crippen molar-refractivity contribution in [2.75, 3.05) is 24.6 Å². The Morgan fingerprint density at radius 3 is 2.51 bits per heavy atom. The normalized spacial score (nSPS) is 12.8. The zero-order valence-corrected chi connectivity index (χ0v) is 23.8. The number of carbonyl (C=O) groups excluding carboxylic acids is 1. The number of nitrogens with zero attached hydrogens (tertiary/aromatic N) is 3. The molecule has 3 rings (SSSR count). The molecule has 0 saturated heterocycles. The van der Waals surface area contributed by atoms with Gasteiger partial charge in [-0.3, -0.25) is 4.79 Å². The minimum Gasteiger partial charge on any atom is -0.461 e. The number of fused-ring (bicyclic) bond motifs is 1. The number of carbonyl (C=O) groups is 1. The number of benzene rings is 2. The van der Waals surface area contributed by atoms with Crippen LogP contribution in [0.3, 0.4) is 0 Å². The Morgan fingerprint density at radius 1 is 1.05 bits per heavy atom. The van der Waals surface area contributed by atoms with Gasteiger partial charge in [-0.1, -0.05) is 74.5 Å². The first-order valence-corrected chi connectivity index (χ1v) is 15.7. The second-order valence-electron chi connectivity index (χ2n) is 9.18. The van der Waals surface area contributed by atoms with Gasteiger partial charge in [0.15, 0.2) is 5.16 Å². The maximum absolute atomic E-state index is 13.0. The molecule has 37 heavy (non-hydrogen) atoms. The average molecular weight is 546 g/mol. The Kier molecular flexibility index (Phi) is 11.5. The Bertz CT molecular complexity index is 1230. The van der Waals surface area contributed by atoms with Crippen LogP contribution >= 0.6 is 11.8 Å². The summed E-state index contributed by atoms with van der Waals surface area (Å²) in [6.45, 7) is 6.91. The lowest BCUT2D eigenvalue weighted by Crippen LogP contribution is -2.36. The van der Waals surface area contributed by atoms with Gasteiger partial charge in [-0.25, -0.2) is 17.7 Å². The number of sulfonamides is 1. The van der Waals surface area contributed by atoms with Crippen molar-refractivity contribution in [2.24, 2.45) is 0 Å². The fourth-order valence-corrected chi connectivity index (χ4v) is 6.57. The highest BCUT2D eigenvalue weighted by Gasteiger charge is 2.21. The first kappa shape index (κ1) is 29.2. The zero-order valence-electron chi connectivity index (χ0n) is 22.1. The van der Waals surface area contributed by atoms with Gasteiger partial charge in [0.25, 0.3) is 0 Å². The second-order valence-corrected chi connectivity index (χ2v) is 12.3. The molecule has 0 bridgehead atoms. The summed E-state index contributed by atoms with van der Waals surface area (Å²) in [5.74, 6) is 0.586. The van der Waals surface area contributed by atoms with Gasteiger partial charge in [-0.15, -0.1) is 0 Å². The maximum atomic E-state index is 13.0. The largest absolute Gasteiger partial charge is 0.461 e. The van der Waals surface area contributed by atoms with E-state index in [0.29, 0.717) is 38.1 Å². The lowest BCUT2D eigenvalue weighted by atomic mass is 10.1. The zero-order chi connectivity index (χ0) is 26.7. The van der Waals surface area contributed by atoms with E-state index in [1.807, 2.05) is 79.9 Å². The van der Waals surface area contributed by atoms with Crippen LogP contribution in [0.5, 0.6) is 0 Å². The predicted octanol–water partition coefficient (Wildman–Crippen LogP) is 5.53. The van der Waals surface area contributed by atoms with Crippen LogP contribution in [0.2, 0.25) is 0 Å². The summed E-state index contributed by atoms with van der Waals surface area (Å²) in [5, 5.41) is 0.743. The van der Waals surface area contributed by atoms with Gasteiger partial charge in [0.2, 0.25) is 10.0 Å². The highest BCUT2D eigenvalue weighted by Crippen LogP contribution is 2.25. The Hall–Kier alpha value is -2.36. The minimum absolute atomic E-state index is 0.0990. The standard InChI is InChI=1S/C28H39N3O4S2/c1-4-6-21-37(33,34)30(19-17-24-13-8-7-9-14-24)18-12-20-36-28-29-25-15-10-11-16-26(25)31(28)22-27(32)35-23(3)5-2/h7-11,13-16,23H,4-6,12,17-22H2,1-3H3. The quantitative estimate of drug-likeness (QED) is 0.134. The second kappa shape index (κ2) is 14.5. The molecule has 202 valence electrons. The summed E-state index contributed by atoms with van der Waals surface area (Å²) >= 11 is 1.55. The molecule has 0 aliphatic carbocycles. The Morgan fingerprint density at radius 2 is 1.78 bits per heavy atom. The summed E-state index contributed by atoms with van der Waals surface area (Å²) in [5.41, 5.74) is 2.84. The molecule has 9 heteroatoms. The molecule has 2 aromatic carbocycles. The van der Waals surface area contributed by atoms with Crippen molar-refractivity contribution < 1.29 is 17.9 Å². The van der Waals surface area contributed by atoms with Crippen LogP contribution in [0.15, 0.2) is 59.8 Å². The molecule has 0 aliphatic rings. The fourth-order valence-electron chi connectivity index (χ4n) is 3.94. The Balaban J connectivity index is 1.65. The van der Waals surface area contributed by atoms with Crippen LogP contribution in [-0.4, -0.2) is 58.9 Å². The van der Waals surface area contributed by atoms with E-state index in [1.54, 1.807) is 16.1 Å². The van der Waals surface area contributed by atoms with Crippen molar-refractivity contribution in [3.8, 4) is 0 Å². The van der Waals surface area contributed by atoms with Crippen LogP contribution in [0.1, 0.15) is 52.0 Å². The number of thioether (sulfide) groups is 1. The van der Waals surface area contributed by atoms with E-state index >= 15 is 0 Å². The lowest BCUT2D eigenvalue weighted by molar-refractivity contribution is -0.149. The average Bonchev–Trinajstić information content (AvgIpc) is 3.24. The molecule has 1 aromatic heterocycles. The molecule has 0 N–H and O–H groups in total. The summed E-state index contributed by atoms with van der Waals surface area (Å²) in [6, 6.07) is 17.7. The fraction of sp³-hybridized carbons (Fsp3) is 0.500. The molecule has 0 radical (unpaired) electrons. The summed E-state index contributed by atoms with van der Waals surface area (Å²) in [4.78, 5) is 17.3. The van der Waals surface area contributed by atoms with Gasteiger partial charge in [0.1, 0.15) is 6.54 Å². The van der Waals surface area contributed by atoms with E-state index in [1.165, 1.54) is 0 Å². The molecule has 7 nitrogen and oxygen atoms in total. The van der Waals surface area contributed by atoms with E-state index in [0.717, 1.165) is 34.6 Å². The molecule has 1 unspecified atom stereocenters. The van der Waals surface area contributed by atoms with Crippen molar-refractivity contribution in [3.63, 3.8) is 0 Å². The molecular formula is C28H39N3O4S2. The molecule has 0 fully saturated rings. The van der Waals surface area contributed by atoms with Gasteiger partial charge < -0.3 is 9.30 Å². The van der Waals surface area contributed by atoms with E-state index in [9.17, 15) is 13.2 Å². The number of imidazole rings is 1. The number of esters is 1. The highest BCUT2D eigenvalue weighted by molar-refractivity contribution is 7.99. The van der Waals surface area contributed by atoms with Crippen molar-refractivity contribution in [2.45, 2.75) is 70.7 Å². The summed E-state index contributed by atoms with van der Waals surface area (Å²) in [6.07, 6.45) is 3.51. The van der Waals surface area contributed by atoms with Crippen LogP contribution in [0.4, 0.5) is 0 Å². The van der Waals surface area contributed by atoms with Crippen LogP contribution in [0.25, 0.3) is 11.0 Å². The number of para-hydroxylation sites is 2. The number of unbranched alkanes of at least 4 members (excludes halogenated alkanes) is 1. The highest BCUT2D eigenvalue weighted by atomic mass is 32.2. The van der Waals surface area contributed by atoms with Crippen molar-refractivity contribution >= 4 is 38.8 Å². The first-order valence-electron chi connectivity index (χ1n) is 13.1. The van der Waals surface area contributed by atoms with Gasteiger partial charge in [-0.2, -0.15) is 0 Å². The van der Waals surface area contributed by atoms with E-state index in [4.69, 9.17) is 9.72 Å². The van der Waals surface area contributed by atoms with Gasteiger partial charge in [-0.05, 0) is 50.3 Å². The van der Waals surface area contributed by atoms with E-state index in [2.05, 4.69) is 0 Å². The molecule has 0 amide bonds. The first-order chi connectivity index (χ1) is 17.8. The monoisotopic (exact) mass is 545 g/mol. The molecule has 0 spiro atoms. The van der Waals surface area contributed by atoms with Crippen LogP contribution < -0.4 is 0 Å². The summed E-state index contributed by atoms with van der Waals surface area (Å²) in [7, 11) is -3.32. The molecule has 1 atom stereocenters. The topological polar surface area (TPSA) is 81.5 Å². The lowest BCUT2D eigenvalue weighted by Gasteiger charge is -2.22. The number of ether oxygens (including phenoxy) is 1. The molecule has 0 saturated carbocycles. The van der Waals surface area contributed by atoms with E-state index < -0.39 is 10.0 Å². The van der Waals surface area contributed by atoms with Gasteiger partial charge in [0, 0.05) is 18.8 Å². The third-order valence-electron chi connectivity index (χ3n) is 6.24. The number of hydrogen-bond donors (Lipinski definition) is 0. The minimum atomic E-state index is -3.32. The third-order valence-corrected chi connectivity index (χ3v) is 9.26. The van der Waals surface area contributed by atoms with Crippen molar-refractivity contribution in [1.29, 1.82) is 0 Å². The number of hydrogen-bond acceptors (Lipinski definition) is 6.